The third-order valence-corrected chi connectivity index (χ3v) is 4.42. The molecule has 2 aliphatic rings. The molecular weight excluding hydrogens is 240 g/mol. The number of amides is 1. The third kappa shape index (κ3) is 3.04. The van der Waals surface area contributed by atoms with Crippen molar-refractivity contribution < 1.29 is 9.53 Å². The highest BCUT2D eigenvalue weighted by Gasteiger charge is 2.64. The second-order valence-corrected chi connectivity index (χ2v) is 7.64. The molecule has 0 heterocycles. The van der Waals surface area contributed by atoms with Crippen LogP contribution in [0.2, 0.25) is 0 Å². The molecule has 0 atom stereocenters. The highest BCUT2D eigenvalue weighted by Crippen LogP contribution is 2.63. The molecule has 4 heteroatoms. The van der Waals surface area contributed by atoms with E-state index in [2.05, 4.69) is 0 Å². The number of rotatable bonds is 4. The summed E-state index contributed by atoms with van der Waals surface area (Å²) >= 11 is 0. The van der Waals surface area contributed by atoms with Crippen molar-refractivity contribution in [1.82, 2.24) is 4.90 Å². The summed E-state index contributed by atoms with van der Waals surface area (Å²) in [6, 6.07) is 0.148. The van der Waals surface area contributed by atoms with Crippen LogP contribution in [0.4, 0.5) is 4.79 Å². The van der Waals surface area contributed by atoms with E-state index in [1.165, 1.54) is 0 Å². The zero-order chi connectivity index (χ0) is 14.5. The van der Waals surface area contributed by atoms with Crippen molar-refractivity contribution in [3.63, 3.8) is 0 Å². The van der Waals surface area contributed by atoms with Crippen molar-refractivity contribution in [3.05, 3.63) is 0 Å². The van der Waals surface area contributed by atoms with E-state index < -0.39 is 5.60 Å². The van der Waals surface area contributed by atoms with E-state index in [0.717, 1.165) is 32.2 Å². The van der Waals surface area contributed by atoms with Crippen LogP contribution in [0.5, 0.6) is 0 Å². The number of nitrogens with zero attached hydrogens (tertiary/aromatic N) is 1. The molecule has 0 aromatic rings. The van der Waals surface area contributed by atoms with Gasteiger partial charge < -0.3 is 15.4 Å². The lowest BCUT2D eigenvalue weighted by Crippen LogP contribution is -2.48. The summed E-state index contributed by atoms with van der Waals surface area (Å²) in [5, 5.41) is 0. The molecule has 0 spiro atoms. The van der Waals surface area contributed by atoms with Crippen molar-refractivity contribution in [2.75, 3.05) is 6.54 Å². The average Bonchev–Trinajstić information content (AvgIpc) is 3.08. The van der Waals surface area contributed by atoms with Gasteiger partial charge in [0.25, 0.3) is 0 Å². The van der Waals surface area contributed by atoms with Gasteiger partial charge in [-0.05, 0) is 60.3 Å². The van der Waals surface area contributed by atoms with Crippen LogP contribution in [0.15, 0.2) is 0 Å². The van der Waals surface area contributed by atoms with Crippen LogP contribution in [0.3, 0.4) is 0 Å². The van der Waals surface area contributed by atoms with Crippen LogP contribution in [-0.2, 0) is 4.74 Å². The molecule has 0 bridgehead atoms. The lowest BCUT2D eigenvalue weighted by molar-refractivity contribution is 0.0129. The number of hydrogen-bond acceptors (Lipinski definition) is 3. The zero-order valence-corrected chi connectivity index (χ0v) is 13.0. The van der Waals surface area contributed by atoms with E-state index in [0.29, 0.717) is 0 Å². The van der Waals surface area contributed by atoms with Gasteiger partial charge in [-0.15, -0.1) is 0 Å². The first-order valence-electron chi connectivity index (χ1n) is 7.37. The van der Waals surface area contributed by atoms with Gasteiger partial charge in [-0.25, -0.2) is 4.79 Å². The van der Waals surface area contributed by atoms with Crippen molar-refractivity contribution in [2.45, 2.75) is 77.5 Å². The Kier molecular flexibility index (Phi) is 3.37. The quantitative estimate of drug-likeness (QED) is 0.853. The lowest BCUT2D eigenvalue weighted by atomic mass is 9.93. The van der Waals surface area contributed by atoms with Crippen LogP contribution < -0.4 is 5.73 Å². The van der Waals surface area contributed by atoms with Gasteiger partial charge in [-0.2, -0.15) is 0 Å². The molecule has 2 N–H and O–H groups in total. The summed E-state index contributed by atoms with van der Waals surface area (Å²) in [4.78, 5) is 14.2. The van der Waals surface area contributed by atoms with E-state index in [-0.39, 0.29) is 23.1 Å². The molecule has 0 unspecified atom stereocenters. The molecule has 0 aliphatic heterocycles. The molecule has 110 valence electrons. The number of ether oxygens (including phenoxy) is 1. The Morgan fingerprint density at radius 1 is 1.26 bits per heavy atom. The van der Waals surface area contributed by atoms with Gasteiger partial charge >= 0.3 is 6.09 Å². The Morgan fingerprint density at radius 3 is 2.11 bits per heavy atom. The van der Waals surface area contributed by atoms with Crippen LogP contribution in [0.1, 0.15) is 60.3 Å². The van der Waals surface area contributed by atoms with Gasteiger partial charge in [0.15, 0.2) is 0 Å². The maximum absolute atomic E-state index is 12.3. The normalized spacial score (nSPS) is 23.1. The Hall–Kier alpha value is -0.770. The molecule has 2 rings (SSSR count). The van der Waals surface area contributed by atoms with E-state index in [1.54, 1.807) is 0 Å². The maximum Gasteiger partial charge on any atom is 0.410 e. The second kappa shape index (κ2) is 4.37. The Morgan fingerprint density at radius 2 is 1.79 bits per heavy atom. The van der Waals surface area contributed by atoms with E-state index >= 15 is 0 Å². The molecule has 2 aliphatic carbocycles. The molecule has 2 fully saturated rings. The van der Waals surface area contributed by atoms with Crippen LogP contribution in [-0.4, -0.2) is 34.7 Å². The maximum atomic E-state index is 12.3. The van der Waals surface area contributed by atoms with Gasteiger partial charge in [-0.1, -0.05) is 0 Å². The number of hydrogen-bond donors (Lipinski definition) is 1. The molecule has 2 saturated carbocycles. The van der Waals surface area contributed by atoms with Gasteiger partial charge in [0.1, 0.15) is 5.60 Å². The predicted octanol–water partition coefficient (Wildman–Crippen LogP) is 2.90. The van der Waals surface area contributed by atoms with Gasteiger partial charge in [0, 0.05) is 23.5 Å². The Balaban J connectivity index is 2.03. The molecule has 0 saturated heterocycles. The zero-order valence-electron chi connectivity index (χ0n) is 13.0. The fraction of sp³-hybridized carbons (Fsp3) is 0.933. The smallest absolute Gasteiger partial charge is 0.410 e. The van der Waals surface area contributed by atoms with Gasteiger partial charge in [-0.3, -0.25) is 0 Å². The molecule has 1 amide bonds. The standard InChI is InChI=1S/C15H28N2O2/c1-11(2)17(12(18)19-13(3,4)5)10-14(6-7-14)15(16)8-9-15/h11H,6-10,16H2,1-5H3. The number of carbonyl (C=O) groups excluding carboxylic acids is 1. The molecule has 0 radical (unpaired) electrons. The molecule has 0 aromatic heterocycles. The third-order valence-electron chi connectivity index (χ3n) is 4.42. The Bertz CT molecular complexity index is 363. The largest absolute Gasteiger partial charge is 0.444 e. The first kappa shape index (κ1) is 14.6. The fourth-order valence-electron chi connectivity index (χ4n) is 2.73. The average molecular weight is 268 g/mol. The topological polar surface area (TPSA) is 55.6 Å². The van der Waals surface area contributed by atoms with E-state index in [4.69, 9.17) is 10.5 Å². The van der Waals surface area contributed by atoms with Crippen molar-refractivity contribution >= 4 is 6.09 Å². The second-order valence-electron chi connectivity index (χ2n) is 7.64. The monoisotopic (exact) mass is 268 g/mol. The summed E-state index contributed by atoms with van der Waals surface area (Å²) in [6.45, 7) is 10.5. The van der Waals surface area contributed by atoms with Gasteiger partial charge in [0.05, 0.1) is 0 Å². The van der Waals surface area contributed by atoms with Crippen molar-refractivity contribution in [3.8, 4) is 0 Å². The highest BCUT2D eigenvalue weighted by atomic mass is 16.6. The molecule has 19 heavy (non-hydrogen) atoms. The molecule has 4 nitrogen and oxygen atoms in total. The summed E-state index contributed by atoms with van der Waals surface area (Å²) in [5.74, 6) is 0. The minimum atomic E-state index is -0.444. The van der Waals surface area contributed by atoms with Crippen LogP contribution in [0, 0.1) is 5.41 Å². The SMILES string of the molecule is CC(C)N(CC1(C2(N)CC2)CC1)C(=O)OC(C)(C)C. The minimum absolute atomic E-state index is 0.0118. The Labute approximate surface area is 116 Å². The van der Waals surface area contributed by atoms with E-state index in [1.807, 2.05) is 39.5 Å². The van der Waals surface area contributed by atoms with Crippen molar-refractivity contribution in [2.24, 2.45) is 11.1 Å². The summed E-state index contributed by atoms with van der Waals surface area (Å²) < 4.78 is 5.51. The molecular formula is C15H28N2O2. The fourth-order valence-corrected chi connectivity index (χ4v) is 2.73. The summed E-state index contributed by atoms with van der Waals surface area (Å²) in [7, 11) is 0. The first-order chi connectivity index (χ1) is 8.59. The highest BCUT2D eigenvalue weighted by molar-refractivity contribution is 5.68. The van der Waals surface area contributed by atoms with Crippen molar-refractivity contribution in [1.29, 1.82) is 0 Å². The van der Waals surface area contributed by atoms with E-state index in [9.17, 15) is 4.79 Å². The lowest BCUT2D eigenvalue weighted by Gasteiger charge is -2.35. The molecule has 0 aromatic carbocycles. The minimum Gasteiger partial charge on any atom is -0.444 e. The van der Waals surface area contributed by atoms with Crippen LogP contribution in [0.25, 0.3) is 0 Å². The number of nitrogens with two attached hydrogens (primary N) is 1. The predicted molar refractivity (Wildman–Crippen MR) is 75.9 cm³/mol. The van der Waals surface area contributed by atoms with Crippen LogP contribution >= 0.6 is 0 Å². The summed E-state index contributed by atoms with van der Waals surface area (Å²) in [6.07, 6.45) is 4.30. The number of carbonyl (C=O) groups is 1. The summed E-state index contributed by atoms with van der Waals surface area (Å²) in [5.41, 5.74) is 6.09. The van der Waals surface area contributed by atoms with Gasteiger partial charge in [0.2, 0.25) is 0 Å². The first-order valence-corrected chi connectivity index (χ1v) is 7.37.